The van der Waals surface area contributed by atoms with Gasteiger partial charge in [-0.15, -0.1) is 0 Å². The maximum absolute atomic E-state index is 12.2. The summed E-state index contributed by atoms with van der Waals surface area (Å²) in [5.74, 6) is 0.666. The van der Waals surface area contributed by atoms with Gasteiger partial charge in [-0.05, 0) is 52.4 Å². The van der Waals surface area contributed by atoms with Crippen LogP contribution in [0.2, 0.25) is 0 Å². The third-order valence-electron chi connectivity index (χ3n) is 4.87. The molecular formula is C18H36N2O3. The molecule has 0 saturated carbocycles. The number of carbonyl (C=O) groups excluding carboxylic acids is 1. The minimum absolute atomic E-state index is 0.203. The Morgan fingerprint density at radius 2 is 1.83 bits per heavy atom. The smallest absolute Gasteiger partial charge is 0.410 e. The molecule has 1 saturated heterocycles. The Kier molecular flexibility index (Phi) is 6.90. The molecule has 1 aliphatic rings. The van der Waals surface area contributed by atoms with Gasteiger partial charge in [0.25, 0.3) is 0 Å². The van der Waals surface area contributed by atoms with Gasteiger partial charge in [-0.3, -0.25) is 0 Å². The zero-order valence-corrected chi connectivity index (χ0v) is 16.0. The highest BCUT2D eigenvalue weighted by Crippen LogP contribution is 2.21. The first-order valence-corrected chi connectivity index (χ1v) is 8.86. The van der Waals surface area contributed by atoms with Crippen LogP contribution >= 0.6 is 0 Å². The average molecular weight is 328 g/mol. The molecule has 0 radical (unpaired) electrons. The highest BCUT2D eigenvalue weighted by molar-refractivity contribution is 5.68. The van der Waals surface area contributed by atoms with Gasteiger partial charge in [-0.25, -0.2) is 4.79 Å². The van der Waals surface area contributed by atoms with E-state index in [0.29, 0.717) is 25.0 Å². The summed E-state index contributed by atoms with van der Waals surface area (Å²) in [5.41, 5.74) is -1.17. The first-order chi connectivity index (χ1) is 10.4. The van der Waals surface area contributed by atoms with Crippen LogP contribution in [0.4, 0.5) is 4.79 Å². The normalized spacial score (nSPS) is 25.9. The van der Waals surface area contributed by atoms with Crippen molar-refractivity contribution in [3.8, 4) is 0 Å². The van der Waals surface area contributed by atoms with Crippen LogP contribution in [0.25, 0.3) is 0 Å². The number of aliphatic hydroxyl groups is 1. The number of hydrogen-bond acceptors (Lipinski definition) is 4. The van der Waals surface area contributed by atoms with E-state index in [9.17, 15) is 9.90 Å². The Bertz CT molecular complexity index is 388. The number of rotatable bonds is 4. The summed E-state index contributed by atoms with van der Waals surface area (Å²) in [6, 6.07) is 0.313. The summed E-state index contributed by atoms with van der Waals surface area (Å²) in [6.07, 6.45) is 1.61. The quantitative estimate of drug-likeness (QED) is 0.833. The second-order valence-electron chi connectivity index (χ2n) is 8.52. The topological polar surface area (TPSA) is 61.8 Å². The van der Waals surface area contributed by atoms with Crippen molar-refractivity contribution in [1.29, 1.82) is 0 Å². The highest BCUT2D eigenvalue weighted by atomic mass is 16.6. The summed E-state index contributed by atoms with van der Waals surface area (Å²) in [5, 5.41) is 13.9. The van der Waals surface area contributed by atoms with Crippen molar-refractivity contribution in [1.82, 2.24) is 10.2 Å². The molecule has 2 N–H and O–H groups in total. The number of carbonyl (C=O) groups is 1. The average Bonchev–Trinajstić information content (AvgIpc) is 2.56. The van der Waals surface area contributed by atoms with E-state index in [2.05, 4.69) is 12.2 Å². The zero-order chi connectivity index (χ0) is 17.8. The standard InChI is InChI=1S/C18H36N2O3/c1-13(2)18(7,22)12-19-15-9-11-20(10-8-14(15)3)16(21)23-17(4,5)6/h13-15,19,22H,8-12H2,1-7H3/t14-,15+,18+/m1/s1. The Balaban J connectivity index is 2.56. The van der Waals surface area contributed by atoms with E-state index in [1.807, 2.05) is 46.4 Å². The molecule has 0 aromatic carbocycles. The van der Waals surface area contributed by atoms with Gasteiger partial charge < -0.3 is 20.1 Å². The molecule has 136 valence electrons. The van der Waals surface area contributed by atoms with Crippen molar-refractivity contribution >= 4 is 6.09 Å². The lowest BCUT2D eigenvalue weighted by Gasteiger charge is -2.32. The van der Waals surface area contributed by atoms with E-state index in [1.54, 1.807) is 0 Å². The highest BCUT2D eigenvalue weighted by Gasteiger charge is 2.31. The number of nitrogens with one attached hydrogen (secondary N) is 1. The van der Waals surface area contributed by atoms with Crippen LogP contribution in [0.5, 0.6) is 0 Å². The third kappa shape index (κ3) is 6.68. The number of nitrogens with zero attached hydrogens (tertiary/aromatic N) is 1. The van der Waals surface area contributed by atoms with Gasteiger partial charge in [0.1, 0.15) is 5.60 Å². The molecule has 5 nitrogen and oxygen atoms in total. The predicted octanol–water partition coefficient (Wildman–Crippen LogP) is 3.02. The van der Waals surface area contributed by atoms with Crippen LogP contribution in [0.1, 0.15) is 61.3 Å². The second-order valence-corrected chi connectivity index (χ2v) is 8.52. The molecule has 1 amide bonds. The monoisotopic (exact) mass is 328 g/mol. The number of hydrogen-bond donors (Lipinski definition) is 2. The van der Waals surface area contributed by atoms with Gasteiger partial charge in [0, 0.05) is 25.7 Å². The van der Waals surface area contributed by atoms with Crippen molar-refractivity contribution in [3.63, 3.8) is 0 Å². The molecule has 0 aromatic rings. The van der Waals surface area contributed by atoms with Gasteiger partial charge >= 0.3 is 6.09 Å². The molecule has 1 aliphatic heterocycles. The van der Waals surface area contributed by atoms with Crippen LogP contribution < -0.4 is 5.32 Å². The summed E-state index contributed by atoms with van der Waals surface area (Å²) in [6.45, 7) is 15.8. The van der Waals surface area contributed by atoms with Crippen LogP contribution in [0.15, 0.2) is 0 Å². The summed E-state index contributed by atoms with van der Waals surface area (Å²) in [4.78, 5) is 14.0. The number of amides is 1. The first kappa shape index (κ1) is 20.2. The molecule has 1 heterocycles. The fourth-order valence-electron chi connectivity index (χ4n) is 2.61. The molecule has 23 heavy (non-hydrogen) atoms. The maximum Gasteiger partial charge on any atom is 0.410 e. The van der Waals surface area contributed by atoms with Crippen molar-refractivity contribution in [2.75, 3.05) is 19.6 Å². The summed E-state index contributed by atoms with van der Waals surface area (Å²) >= 11 is 0. The van der Waals surface area contributed by atoms with Gasteiger partial charge in [-0.1, -0.05) is 20.8 Å². The molecule has 1 rings (SSSR count). The predicted molar refractivity (Wildman–Crippen MR) is 93.5 cm³/mol. The van der Waals surface area contributed by atoms with Gasteiger partial charge in [0.2, 0.25) is 0 Å². The lowest BCUT2D eigenvalue weighted by atomic mass is 9.90. The molecule has 1 fully saturated rings. The number of likely N-dealkylation sites (tertiary alicyclic amines) is 1. The first-order valence-electron chi connectivity index (χ1n) is 8.86. The Labute approximate surface area is 141 Å². The Morgan fingerprint density at radius 3 is 2.35 bits per heavy atom. The third-order valence-corrected chi connectivity index (χ3v) is 4.87. The lowest BCUT2D eigenvalue weighted by molar-refractivity contribution is 0.00982. The minimum Gasteiger partial charge on any atom is -0.444 e. The SMILES string of the molecule is CC(C)[C@@](C)(O)CN[C@H]1CCN(C(=O)OC(C)(C)C)CC[C@H]1C. The molecule has 5 heteroatoms. The Morgan fingerprint density at radius 1 is 1.26 bits per heavy atom. The van der Waals surface area contributed by atoms with Crippen molar-refractivity contribution in [2.24, 2.45) is 11.8 Å². The fourth-order valence-corrected chi connectivity index (χ4v) is 2.61. The Hall–Kier alpha value is -0.810. The lowest BCUT2D eigenvalue weighted by Crippen LogP contribution is -2.47. The molecule has 3 atom stereocenters. The molecular weight excluding hydrogens is 292 g/mol. The van der Waals surface area contributed by atoms with Crippen LogP contribution in [-0.2, 0) is 4.74 Å². The van der Waals surface area contributed by atoms with E-state index >= 15 is 0 Å². The van der Waals surface area contributed by atoms with Crippen LogP contribution in [-0.4, -0.2) is 53.0 Å². The molecule has 0 unspecified atom stereocenters. The molecule has 0 aromatic heterocycles. The maximum atomic E-state index is 12.2. The largest absolute Gasteiger partial charge is 0.444 e. The van der Waals surface area contributed by atoms with Gasteiger partial charge in [0.15, 0.2) is 0 Å². The van der Waals surface area contributed by atoms with Crippen molar-refractivity contribution < 1.29 is 14.6 Å². The number of ether oxygens (including phenoxy) is 1. The fraction of sp³-hybridized carbons (Fsp3) is 0.944. The van der Waals surface area contributed by atoms with Crippen molar-refractivity contribution in [2.45, 2.75) is 78.6 Å². The van der Waals surface area contributed by atoms with E-state index in [0.717, 1.165) is 19.4 Å². The minimum atomic E-state index is -0.711. The van der Waals surface area contributed by atoms with Crippen molar-refractivity contribution in [3.05, 3.63) is 0 Å². The van der Waals surface area contributed by atoms with E-state index in [-0.39, 0.29) is 12.0 Å². The van der Waals surface area contributed by atoms with E-state index < -0.39 is 11.2 Å². The van der Waals surface area contributed by atoms with E-state index in [4.69, 9.17) is 4.74 Å². The molecule has 0 bridgehead atoms. The second kappa shape index (κ2) is 7.84. The molecule has 0 spiro atoms. The van der Waals surface area contributed by atoms with Gasteiger partial charge in [0.05, 0.1) is 5.60 Å². The van der Waals surface area contributed by atoms with Crippen LogP contribution in [0, 0.1) is 11.8 Å². The molecule has 0 aliphatic carbocycles. The van der Waals surface area contributed by atoms with Gasteiger partial charge in [-0.2, -0.15) is 0 Å². The van der Waals surface area contributed by atoms with Crippen LogP contribution in [0.3, 0.4) is 0 Å². The summed E-state index contributed by atoms with van der Waals surface area (Å²) in [7, 11) is 0. The summed E-state index contributed by atoms with van der Waals surface area (Å²) < 4.78 is 5.48. The van der Waals surface area contributed by atoms with E-state index in [1.165, 1.54) is 0 Å². The zero-order valence-electron chi connectivity index (χ0n) is 16.0.